The molecule has 49 heavy (non-hydrogen) atoms. The zero-order valence-corrected chi connectivity index (χ0v) is 37.9. The first-order valence-electron chi connectivity index (χ1n) is 19.7. The number of hydrogen-bond donors (Lipinski definition) is 1. The topological polar surface area (TPSA) is 57.2 Å². The maximum atomic E-state index is 12.9. The predicted molar refractivity (Wildman–Crippen MR) is 217 cm³/mol. The van der Waals surface area contributed by atoms with Gasteiger partial charge in [-0.2, -0.15) is 0 Å². The van der Waals surface area contributed by atoms with Crippen molar-refractivity contribution in [2.24, 2.45) is 5.92 Å². The van der Waals surface area contributed by atoms with Crippen LogP contribution in [0.2, 0.25) is 33.0 Å². The Balaban J connectivity index is 3.92. The van der Waals surface area contributed by atoms with Gasteiger partial charge in [-0.15, -0.1) is 0 Å². The fourth-order valence-corrected chi connectivity index (χ4v) is 25.2. The Bertz CT molecular complexity index is 1040. The van der Waals surface area contributed by atoms with Crippen LogP contribution >= 0.6 is 0 Å². The number of allylic oxidation sites excluding steroid dienone is 2. The van der Waals surface area contributed by atoms with Gasteiger partial charge in [-0.25, -0.2) is 0 Å². The summed E-state index contributed by atoms with van der Waals surface area (Å²) in [7, 11) is 1.92. The molecule has 0 spiro atoms. The van der Waals surface area contributed by atoms with Gasteiger partial charge in [0.05, 0.1) is 0 Å². The van der Waals surface area contributed by atoms with Gasteiger partial charge in [0.25, 0.3) is 0 Å². The SMILES string of the molecule is CCCCC[C@H](OCOC)[C@H](C/C(C)=C/[Si](C)(C)C)[C@H](OCc1ccc(OC)cc1)[C@@](C)(O)/C=[C](\C)[Sn]([CH2]CCC)([CH2]CCC)[CH2]CCC. The normalized spacial score (nSPS) is 16.3. The Morgan fingerprint density at radius 2 is 1.39 bits per heavy atom. The average molecular weight is 810 g/mol. The molecule has 4 atom stereocenters. The molecule has 0 saturated heterocycles. The summed E-state index contributed by atoms with van der Waals surface area (Å²) in [5.41, 5.74) is 3.77. The molecule has 1 aromatic rings. The van der Waals surface area contributed by atoms with Crippen LogP contribution in [0.15, 0.2) is 45.2 Å². The number of aliphatic hydroxyl groups is 1. The van der Waals surface area contributed by atoms with Crippen molar-refractivity contribution in [3.8, 4) is 5.75 Å². The Kier molecular flexibility index (Phi) is 23.3. The molecule has 0 aliphatic heterocycles. The molecule has 1 rings (SSSR count). The number of hydrogen-bond acceptors (Lipinski definition) is 5. The molecule has 7 heteroatoms. The van der Waals surface area contributed by atoms with Crippen LogP contribution in [-0.2, 0) is 20.8 Å². The van der Waals surface area contributed by atoms with Crippen LogP contribution in [0.4, 0.5) is 0 Å². The molecule has 1 N–H and O–H groups in total. The van der Waals surface area contributed by atoms with Crippen molar-refractivity contribution >= 4 is 26.5 Å². The van der Waals surface area contributed by atoms with Crippen molar-refractivity contribution in [2.75, 3.05) is 21.0 Å². The van der Waals surface area contributed by atoms with Crippen molar-refractivity contribution in [3.63, 3.8) is 0 Å². The van der Waals surface area contributed by atoms with E-state index in [0.29, 0.717) is 6.61 Å². The van der Waals surface area contributed by atoms with Gasteiger partial charge < -0.3 is 0 Å². The molecule has 0 radical (unpaired) electrons. The molecule has 0 fully saturated rings. The summed E-state index contributed by atoms with van der Waals surface area (Å²) >= 11 is -2.79. The van der Waals surface area contributed by atoms with Crippen LogP contribution in [-0.4, -0.2) is 70.4 Å². The van der Waals surface area contributed by atoms with Crippen molar-refractivity contribution in [1.29, 1.82) is 0 Å². The Labute approximate surface area is 308 Å². The van der Waals surface area contributed by atoms with Crippen LogP contribution in [0.3, 0.4) is 0 Å². The molecule has 0 bridgehead atoms. The summed E-state index contributed by atoms with van der Waals surface area (Å²) in [6, 6.07) is 8.11. The zero-order chi connectivity index (χ0) is 36.9. The van der Waals surface area contributed by atoms with Crippen LogP contribution in [0.1, 0.15) is 125 Å². The van der Waals surface area contributed by atoms with Gasteiger partial charge >= 0.3 is 310 Å². The van der Waals surface area contributed by atoms with Gasteiger partial charge in [0.2, 0.25) is 0 Å². The molecule has 0 aliphatic carbocycles. The van der Waals surface area contributed by atoms with Crippen molar-refractivity contribution in [1.82, 2.24) is 0 Å². The molecule has 0 aliphatic rings. The molecule has 0 heterocycles. The summed E-state index contributed by atoms with van der Waals surface area (Å²) < 4.78 is 30.2. The van der Waals surface area contributed by atoms with E-state index in [9.17, 15) is 5.11 Å². The first-order valence-corrected chi connectivity index (χ1v) is 30.7. The first kappa shape index (κ1) is 46.4. The van der Waals surface area contributed by atoms with Gasteiger partial charge in [0, 0.05) is 0 Å². The van der Waals surface area contributed by atoms with Gasteiger partial charge in [-0.05, 0) is 0 Å². The summed E-state index contributed by atoms with van der Waals surface area (Å²) in [6.45, 7) is 23.7. The number of unbranched alkanes of at least 4 members (excludes halogenated alkanes) is 5. The van der Waals surface area contributed by atoms with E-state index in [2.05, 4.69) is 85.1 Å². The standard InChI is InChI=1S/C30H51O5Si.3C4H9.Sn/c1-10-12-13-14-28(35-23-32-5)27(20-24(3)22-36(7,8)9)29(30(4,31)19-11-2)34-21-25-15-17-26(33-6)18-16-25;3*1-3-4-2;/h15-19,22,27-29,31H,10,12-14,20-21,23H2,1-9H3;3*1,3-4H2,2H3;/b19-11?,24-22+;;;;/t27-,28-,29-,30-;;;;/m0..../s1. The molecule has 0 aromatic heterocycles. The summed E-state index contributed by atoms with van der Waals surface area (Å²) in [6.07, 6.45) is 14.4. The molecule has 0 unspecified atom stereocenters. The van der Waals surface area contributed by atoms with E-state index in [-0.39, 0.29) is 18.8 Å². The van der Waals surface area contributed by atoms with E-state index >= 15 is 0 Å². The van der Waals surface area contributed by atoms with E-state index < -0.39 is 38.2 Å². The quantitative estimate of drug-likeness (QED) is 0.0519. The van der Waals surface area contributed by atoms with Crippen molar-refractivity contribution in [3.05, 3.63) is 50.8 Å². The van der Waals surface area contributed by atoms with E-state index in [1.807, 2.05) is 19.1 Å². The van der Waals surface area contributed by atoms with E-state index in [0.717, 1.165) is 43.4 Å². The first-order chi connectivity index (χ1) is 23.2. The van der Waals surface area contributed by atoms with Gasteiger partial charge in [-0.3, -0.25) is 0 Å². The van der Waals surface area contributed by atoms with Crippen molar-refractivity contribution < 1.29 is 24.1 Å². The molecular formula is C42H78O5SiSn. The Morgan fingerprint density at radius 1 is 0.837 bits per heavy atom. The van der Waals surface area contributed by atoms with Gasteiger partial charge in [-0.1, -0.05) is 0 Å². The fourth-order valence-electron chi connectivity index (χ4n) is 7.59. The number of benzene rings is 1. The Morgan fingerprint density at radius 3 is 1.86 bits per heavy atom. The van der Waals surface area contributed by atoms with Gasteiger partial charge in [0.1, 0.15) is 0 Å². The summed E-state index contributed by atoms with van der Waals surface area (Å²) in [5, 5.41) is 12.9. The van der Waals surface area contributed by atoms with E-state index in [4.69, 9.17) is 18.9 Å². The predicted octanol–water partition coefficient (Wildman–Crippen LogP) is 12.1. The zero-order valence-electron chi connectivity index (χ0n) is 34.1. The third kappa shape index (κ3) is 17.6. The minimum atomic E-state index is -2.79. The van der Waals surface area contributed by atoms with Crippen LogP contribution in [0, 0.1) is 5.92 Å². The second-order valence-electron chi connectivity index (χ2n) is 16.1. The Hall–Kier alpha value is -0.644. The van der Waals surface area contributed by atoms with Crippen LogP contribution in [0.25, 0.3) is 0 Å². The monoisotopic (exact) mass is 810 g/mol. The van der Waals surface area contributed by atoms with E-state index in [1.54, 1.807) is 14.2 Å². The van der Waals surface area contributed by atoms with E-state index in [1.165, 1.54) is 61.0 Å². The van der Waals surface area contributed by atoms with Gasteiger partial charge in [0.15, 0.2) is 0 Å². The molecular weight excluding hydrogens is 731 g/mol. The molecule has 284 valence electrons. The second-order valence-corrected chi connectivity index (χ2v) is 34.9. The second kappa shape index (κ2) is 24.6. The molecule has 0 amide bonds. The summed E-state index contributed by atoms with van der Waals surface area (Å²) in [5.74, 6) is 0.776. The molecule has 0 saturated carbocycles. The number of ether oxygens (including phenoxy) is 4. The summed E-state index contributed by atoms with van der Waals surface area (Å²) in [4.78, 5) is 0. The fraction of sp³-hybridized carbons (Fsp3) is 0.762. The number of methoxy groups -OCH3 is 2. The van der Waals surface area contributed by atoms with Crippen LogP contribution < -0.4 is 4.74 Å². The maximum absolute atomic E-state index is 12.9. The number of rotatable bonds is 28. The average Bonchev–Trinajstić information content (AvgIpc) is 3.04. The third-order valence-corrected chi connectivity index (χ3v) is 27.9. The van der Waals surface area contributed by atoms with Crippen molar-refractivity contribution in [2.45, 2.75) is 176 Å². The molecule has 5 nitrogen and oxygen atoms in total. The van der Waals surface area contributed by atoms with Crippen LogP contribution in [0.5, 0.6) is 5.75 Å². The molecule has 1 aromatic carbocycles. The minimum absolute atomic E-state index is 0.0524. The third-order valence-electron chi connectivity index (χ3n) is 10.1.